The number of amides is 1. The normalized spacial score (nSPS) is 10.9. The number of ether oxygens (including phenoxy) is 1. The third-order valence-electron chi connectivity index (χ3n) is 4.26. The molecule has 0 saturated heterocycles. The lowest BCUT2D eigenvalue weighted by atomic mass is 10.1. The molecule has 0 unspecified atom stereocenters. The number of rotatable bonds is 8. The number of carbonyl (C=O) groups is 1. The Bertz CT molecular complexity index is 945. The van der Waals surface area contributed by atoms with E-state index in [1.807, 2.05) is 48.1 Å². The highest BCUT2D eigenvalue weighted by Crippen LogP contribution is 2.18. The first-order chi connectivity index (χ1) is 13.6. The Morgan fingerprint density at radius 2 is 2.00 bits per heavy atom. The summed E-state index contributed by atoms with van der Waals surface area (Å²) in [7, 11) is 0. The first-order valence-electron chi connectivity index (χ1n) is 9.32. The van der Waals surface area contributed by atoms with Gasteiger partial charge in [-0.3, -0.25) is 9.48 Å². The topological polar surface area (TPSA) is 56.1 Å². The molecule has 5 heteroatoms. The van der Waals surface area contributed by atoms with Gasteiger partial charge in [0.1, 0.15) is 12.4 Å². The molecule has 0 aliphatic rings. The Kier molecular flexibility index (Phi) is 6.63. The summed E-state index contributed by atoms with van der Waals surface area (Å²) < 4.78 is 7.56. The van der Waals surface area contributed by atoms with Crippen molar-refractivity contribution in [1.82, 2.24) is 15.1 Å². The van der Waals surface area contributed by atoms with Crippen LogP contribution in [0.15, 0.2) is 67.0 Å². The van der Waals surface area contributed by atoms with Gasteiger partial charge in [0, 0.05) is 17.8 Å². The zero-order valence-corrected chi connectivity index (χ0v) is 16.3. The molecule has 5 nitrogen and oxygen atoms in total. The lowest BCUT2D eigenvalue weighted by Gasteiger charge is -2.09. The van der Waals surface area contributed by atoms with Crippen LogP contribution in [-0.2, 0) is 11.3 Å². The molecule has 0 saturated carbocycles. The minimum absolute atomic E-state index is 0.153. The van der Waals surface area contributed by atoms with Gasteiger partial charge < -0.3 is 10.1 Å². The Labute approximate surface area is 165 Å². The van der Waals surface area contributed by atoms with Crippen LogP contribution >= 0.6 is 0 Å². The summed E-state index contributed by atoms with van der Waals surface area (Å²) in [5, 5.41) is 7.15. The number of benzene rings is 2. The Morgan fingerprint density at radius 3 is 2.79 bits per heavy atom. The van der Waals surface area contributed by atoms with Crippen molar-refractivity contribution in [3.8, 4) is 5.75 Å². The van der Waals surface area contributed by atoms with Crippen LogP contribution < -0.4 is 10.1 Å². The molecular formula is C23H25N3O2. The van der Waals surface area contributed by atoms with Crippen molar-refractivity contribution in [3.05, 3.63) is 89.3 Å². The molecule has 0 bridgehead atoms. The van der Waals surface area contributed by atoms with E-state index in [4.69, 9.17) is 4.74 Å². The van der Waals surface area contributed by atoms with Crippen LogP contribution in [0, 0.1) is 13.8 Å². The van der Waals surface area contributed by atoms with Crippen molar-refractivity contribution in [3.63, 3.8) is 0 Å². The van der Waals surface area contributed by atoms with E-state index >= 15 is 0 Å². The van der Waals surface area contributed by atoms with E-state index in [0.717, 1.165) is 16.9 Å². The number of hydrogen-bond donors (Lipinski definition) is 1. The number of aromatic nitrogens is 2. The molecule has 3 rings (SSSR count). The van der Waals surface area contributed by atoms with Gasteiger partial charge in [0.15, 0.2) is 0 Å². The lowest BCUT2D eigenvalue weighted by molar-refractivity contribution is -0.116. The van der Waals surface area contributed by atoms with Gasteiger partial charge in [-0.05, 0) is 37.1 Å². The third kappa shape index (κ3) is 5.84. The highest BCUT2D eigenvalue weighted by atomic mass is 16.5. The van der Waals surface area contributed by atoms with Crippen LogP contribution in [0.2, 0.25) is 0 Å². The van der Waals surface area contributed by atoms with E-state index in [0.29, 0.717) is 19.7 Å². The van der Waals surface area contributed by atoms with Crippen LogP contribution in [-0.4, -0.2) is 28.8 Å². The lowest BCUT2D eigenvalue weighted by Crippen LogP contribution is -2.26. The Hall–Kier alpha value is -3.34. The fourth-order valence-electron chi connectivity index (χ4n) is 2.85. The number of nitrogens with one attached hydrogen (secondary N) is 1. The van der Waals surface area contributed by atoms with Gasteiger partial charge in [0.2, 0.25) is 5.91 Å². The van der Waals surface area contributed by atoms with Gasteiger partial charge >= 0.3 is 0 Å². The number of nitrogens with zero attached hydrogens (tertiary/aromatic N) is 2. The summed E-state index contributed by atoms with van der Waals surface area (Å²) in [6.45, 7) is 5.65. The molecule has 1 amide bonds. The predicted molar refractivity (Wildman–Crippen MR) is 111 cm³/mol. The van der Waals surface area contributed by atoms with E-state index in [-0.39, 0.29) is 5.91 Å². The maximum atomic E-state index is 12.0. The van der Waals surface area contributed by atoms with Crippen molar-refractivity contribution in [2.45, 2.75) is 20.4 Å². The Balaban J connectivity index is 1.41. The van der Waals surface area contributed by atoms with Gasteiger partial charge in [-0.2, -0.15) is 5.10 Å². The molecule has 28 heavy (non-hydrogen) atoms. The molecule has 0 fully saturated rings. The molecule has 0 radical (unpaired) electrons. The molecule has 1 aromatic heterocycles. The summed E-state index contributed by atoms with van der Waals surface area (Å²) >= 11 is 0. The summed E-state index contributed by atoms with van der Waals surface area (Å²) in [6, 6.07) is 16.2. The highest BCUT2D eigenvalue weighted by Gasteiger charge is 2.01. The average molecular weight is 375 g/mol. The van der Waals surface area contributed by atoms with Crippen molar-refractivity contribution >= 4 is 12.0 Å². The molecule has 0 aliphatic carbocycles. The summed E-state index contributed by atoms with van der Waals surface area (Å²) in [4.78, 5) is 12.0. The largest absolute Gasteiger partial charge is 0.491 e. The van der Waals surface area contributed by atoms with Gasteiger partial charge in [-0.1, -0.05) is 48.0 Å². The average Bonchev–Trinajstić information content (AvgIpc) is 3.13. The van der Waals surface area contributed by atoms with Crippen LogP contribution in [0.25, 0.3) is 6.08 Å². The highest BCUT2D eigenvalue weighted by molar-refractivity contribution is 5.91. The monoisotopic (exact) mass is 375 g/mol. The molecule has 3 aromatic rings. The van der Waals surface area contributed by atoms with Crippen molar-refractivity contribution in [2.24, 2.45) is 0 Å². The molecule has 1 N–H and O–H groups in total. The minimum Gasteiger partial charge on any atom is -0.491 e. The number of carbonyl (C=O) groups excluding carboxylic acids is 1. The van der Waals surface area contributed by atoms with E-state index in [9.17, 15) is 4.79 Å². The second-order valence-electron chi connectivity index (χ2n) is 6.70. The molecule has 0 spiro atoms. The van der Waals surface area contributed by atoms with Crippen molar-refractivity contribution in [2.75, 3.05) is 13.2 Å². The quantitative estimate of drug-likeness (QED) is 0.482. The van der Waals surface area contributed by atoms with E-state index < -0.39 is 0 Å². The summed E-state index contributed by atoms with van der Waals surface area (Å²) in [5.41, 5.74) is 4.37. The van der Waals surface area contributed by atoms with Crippen LogP contribution in [0.3, 0.4) is 0 Å². The smallest absolute Gasteiger partial charge is 0.244 e. The molecule has 0 atom stereocenters. The number of aryl methyl sites for hydroxylation is 2. The molecular weight excluding hydrogens is 350 g/mol. The molecule has 2 aromatic carbocycles. The van der Waals surface area contributed by atoms with E-state index in [1.54, 1.807) is 12.3 Å². The minimum atomic E-state index is -0.153. The zero-order valence-electron chi connectivity index (χ0n) is 16.3. The van der Waals surface area contributed by atoms with Crippen molar-refractivity contribution < 1.29 is 9.53 Å². The van der Waals surface area contributed by atoms with Crippen LogP contribution in [0.1, 0.15) is 22.3 Å². The van der Waals surface area contributed by atoms with Gasteiger partial charge in [-0.15, -0.1) is 0 Å². The van der Waals surface area contributed by atoms with Crippen molar-refractivity contribution in [1.29, 1.82) is 0 Å². The summed E-state index contributed by atoms with van der Waals surface area (Å²) in [5.74, 6) is 0.696. The molecule has 144 valence electrons. The molecule has 1 heterocycles. The number of hydrogen-bond acceptors (Lipinski definition) is 3. The fraction of sp³-hybridized carbons (Fsp3) is 0.217. The maximum absolute atomic E-state index is 12.0. The first kappa shape index (κ1) is 19.4. The summed E-state index contributed by atoms with van der Waals surface area (Å²) in [6.07, 6.45) is 6.94. The Morgan fingerprint density at radius 1 is 1.18 bits per heavy atom. The first-order valence-corrected chi connectivity index (χ1v) is 9.32. The predicted octanol–water partition coefficient (Wildman–Crippen LogP) is 3.76. The van der Waals surface area contributed by atoms with Gasteiger partial charge in [0.25, 0.3) is 0 Å². The standard InChI is InChI=1S/C23H25N3O2/c1-18-8-10-22(19(2)14-18)28-13-12-24-23(27)11-9-21-15-25-26(17-21)16-20-6-4-3-5-7-20/h3-11,14-15,17H,12-13,16H2,1-2H3,(H,24,27)/b11-9+. The SMILES string of the molecule is Cc1ccc(OCCNC(=O)/C=C/c2cnn(Cc3ccccc3)c2)c(C)c1. The fourth-order valence-corrected chi connectivity index (χ4v) is 2.85. The second-order valence-corrected chi connectivity index (χ2v) is 6.70. The molecule has 0 aliphatic heterocycles. The van der Waals surface area contributed by atoms with E-state index in [2.05, 4.69) is 35.5 Å². The second kappa shape index (κ2) is 9.55. The van der Waals surface area contributed by atoms with Crippen LogP contribution in [0.4, 0.5) is 0 Å². The van der Waals surface area contributed by atoms with Crippen LogP contribution in [0.5, 0.6) is 5.75 Å². The maximum Gasteiger partial charge on any atom is 0.244 e. The van der Waals surface area contributed by atoms with Gasteiger partial charge in [0.05, 0.1) is 19.3 Å². The van der Waals surface area contributed by atoms with E-state index in [1.165, 1.54) is 17.2 Å². The van der Waals surface area contributed by atoms with Gasteiger partial charge in [-0.25, -0.2) is 0 Å². The third-order valence-corrected chi connectivity index (χ3v) is 4.26. The zero-order chi connectivity index (χ0) is 19.8.